The molecule has 1 aliphatic heterocycles. The van der Waals surface area contributed by atoms with Crippen molar-refractivity contribution in [3.8, 4) is 61.8 Å². The lowest BCUT2D eigenvalue weighted by Gasteiger charge is -2.27. The number of nitrogens with zero attached hydrogens (tertiary/aromatic N) is 5. The van der Waals surface area contributed by atoms with Crippen LogP contribution in [0.2, 0.25) is 0 Å². The first kappa shape index (κ1) is 45.0. The SMILES string of the molecule is CC1(C)c2ccccc2-c2ccc(N3C4=CC=CCC4c4ccc(-c5ccc6c7ccccc7n(-c7cccc(-c8nc(C9=CC=C(c%10ccccc%10)CC9)nc(-c9ccc(-c%10ccccc%10)cc9)n8)c7)c6c5)cc43)cc21. The molecule has 3 aliphatic carbocycles. The zero-order valence-corrected chi connectivity index (χ0v) is 43.0. The van der Waals surface area contributed by atoms with Gasteiger partial charge in [-0.05, 0) is 135 Å². The molecule has 366 valence electrons. The molecule has 2 aromatic heterocycles. The third-order valence-electron chi connectivity index (χ3n) is 16.7. The predicted octanol–water partition coefficient (Wildman–Crippen LogP) is 18.3. The van der Waals surface area contributed by atoms with E-state index in [4.69, 9.17) is 15.0 Å². The number of para-hydroxylation sites is 1. The number of aromatic nitrogens is 4. The van der Waals surface area contributed by atoms with Crippen molar-refractivity contribution in [1.29, 1.82) is 0 Å². The molecule has 9 aromatic carbocycles. The summed E-state index contributed by atoms with van der Waals surface area (Å²) in [7, 11) is 0. The van der Waals surface area contributed by atoms with Crippen LogP contribution in [-0.4, -0.2) is 19.5 Å². The van der Waals surface area contributed by atoms with Crippen molar-refractivity contribution in [2.45, 2.75) is 44.4 Å². The minimum absolute atomic E-state index is 0.0919. The number of anilines is 2. The standard InChI is InChI=1S/C72H53N5/c1-72(2)63-25-12-9-22-57(63)58-41-38-56(45-64(58)72)77-66-27-14-11-24-60(66)62-40-37-53(44-68(62)77)52-36-39-61-59-23-10-13-26-65(59)76(67(61)43-52)55-21-15-20-54(42-55)71-74-69(50-32-28-48(29-33-50)46-16-5-3-6-17-46)73-70(75-71)51-34-30-49(31-35-51)47-18-7-4-8-19-47/h3-23,25-30,32-34,36-45,60H,24,31,35H2,1-2H3. The molecule has 1 unspecified atom stereocenters. The molecule has 15 rings (SSSR count). The highest BCUT2D eigenvalue weighted by atomic mass is 15.2. The third-order valence-corrected chi connectivity index (χ3v) is 16.7. The molecule has 0 amide bonds. The van der Waals surface area contributed by atoms with Crippen molar-refractivity contribution in [3.05, 3.63) is 276 Å². The quantitative estimate of drug-likeness (QED) is 0.152. The Bertz CT molecular complexity index is 4320. The lowest BCUT2D eigenvalue weighted by Crippen LogP contribution is -2.18. The molecular formula is C72H53N5. The summed E-state index contributed by atoms with van der Waals surface area (Å²) < 4.78 is 2.41. The average molecular weight is 988 g/mol. The number of fused-ring (bicyclic) bond motifs is 9. The third kappa shape index (κ3) is 7.48. The smallest absolute Gasteiger partial charge is 0.164 e. The van der Waals surface area contributed by atoms with Crippen LogP contribution in [0.15, 0.2) is 248 Å². The molecule has 0 bridgehead atoms. The Labute approximate surface area is 449 Å². The van der Waals surface area contributed by atoms with Gasteiger partial charge in [0.2, 0.25) is 0 Å². The highest BCUT2D eigenvalue weighted by Gasteiger charge is 2.39. The topological polar surface area (TPSA) is 46.8 Å². The molecule has 3 heterocycles. The lowest BCUT2D eigenvalue weighted by atomic mass is 9.82. The minimum atomic E-state index is -0.0919. The van der Waals surface area contributed by atoms with Gasteiger partial charge in [-0.3, -0.25) is 0 Å². The Balaban J connectivity index is 0.832. The van der Waals surface area contributed by atoms with E-state index in [0.717, 1.165) is 58.2 Å². The fourth-order valence-corrected chi connectivity index (χ4v) is 12.8. The summed E-state index contributed by atoms with van der Waals surface area (Å²) in [6.45, 7) is 4.74. The average Bonchev–Trinajstić information content (AvgIpc) is 4.13. The number of benzene rings is 9. The first-order chi connectivity index (χ1) is 37.9. The van der Waals surface area contributed by atoms with Crippen LogP contribution in [-0.2, 0) is 5.41 Å². The summed E-state index contributed by atoms with van der Waals surface area (Å²) in [6.07, 6.45) is 14.0. The molecule has 0 N–H and O–H groups in total. The van der Waals surface area contributed by atoms with Gasteiger partial charge in [0.05, 0.1) is 16.7 Å². The van der Waals surface area contributed by atoms with Crippen molar-refractivity contribution in [2.24, 2.45) is 0 Å². The lowest BCUT2D eigenvalue weighted by molar-refractivity contribution is 0.660. The molecule has 0 saturated heterocycles. The first-order valence-corrected chi connectivity index (χ1v) is 27.0. The van der Waals surface area contributed by atoms with Crippen LogP contribution in [0, 0.1) is 0 Å². The van der Waals surface area contributed by atoms with Gasteiger partial charge in [0.15, 0.2) is 17.5 Å². The van der Waals surface area contributed by atoms with E-state index in [1.54, 1.807) is 0 Å². The monoisotopic (exact) mass is 987 g/mol. The molecule has 5 nitrogen and oxygen atoms in total. The molecule has 0 spiro atoms. The highest BCUT2D eigenvalue weighted by Crippen LogP contribution is 2.55. The van der Waals surface area contributed by atoms with E-state index >= 15 is 0 Å². The Hall–Kier alpha value is -9.45. The molecule has 77 heavy (non-hydrogen) atoms. The van der Waals surface area contributed by atoms with Crippen LogP contribution >= 0.6 is 0 Å². The van der Waals surface area contributed by atoms with Crippen molar-refractivity contribution >= 4 is 44.3 Å². The van der Waals surface area contributed by atoms with E-state index in [1.807, 2.05) is 0 Å². The van der Waals surface area contributed by atoms with E-state index in [2.05, 4.69) is 266 Å². The fraction of sp³-hybridized carbons (Fsp3) is 0.0972. The number of hydrogen-bond donors (Lipinski definition) is 0. The Morgan fingerprint density at radius 1 is 0.429 bits per heavy atom. The van der Waals surface area contributed by atoms with E-state index in [-0.39, 0.29) is 5.41 Å². The van der Waals surface area contributed by atoms with E-state index in [0.29, 0.717) is 23.4 Å². The Morgan fingerprint density at radius 3 is 1.90 bits per heavy atom. The number of rotatable bonds is 8. The summed E-state index contributed by atoms with van der Waals surface area (Å²) in [5.41, 5.74) is 24.1. The molecule has 0 fully saturated rings. The van der Waals surface area contributed by atoms with Crippen molar-refractivity contribution in [1.82, 2.24) is 19.5 Å². The zero-order valence-electron chi connectivity index (χ0n) is 43.0. The Kier molecular flexibility index (Phi) is 10.4. The summed E-state index contributed by atoms with van der Waals surface area (Å²) in [6, 6.07) is 77.4. The Morgan fingerprint density at radius 2 is 1.06 bits per heavy atom. The van der Waals surface area contributed by atoms with Crippen LogP contribution in [0.3, 0.4) is 0 Å². The van der Waals surface area contributed by atoms with Gasteiger partial charge in [-0.1, -0.05) is 208 Å². The van der Waals surface area contributed by atoms with Crippen molar-refractivity contribution in [3.63, 3.8) is 0 Å². The highest BCUT2D eigenvalue weighted by molar-refractivity contribution is 6.10. The van der Waals surface area contributed by atoms with E-state index in [1.165, 1.54) is 83.5 Å². The second-order valence-electron chi connectivity index (χ2n) is 21.5. The van der Waals surface area contributed by atoms with Crippen LogP contribution in [0.1, 0.15) is 67.1 Å². The molecule has 0 saturated carbocycles. The van der Waals surface area contributed by atoms with Gasteiger partial charge in [-0.25, -0.2) is 15.0 Å². The summed E-state index contributed by atoms with van der Waals surface area (Å²) in [4.78, 5) is 18.3. The maximum Gasteiger partial charge on any atom is 0.164 e. The maximum atomic E-state index is 5.29. The number of allylic oxidation sites excluding steroid dienone is 8. The van der Waals surface area contributed by atoms with Crippen molar-refractivity contribution in [2.75, 3.05) is 4.90 Å². The zero-order chi connectivity index (χ0) is 51.2. The van der Waals surface area contributed by atoms with Crippen LogP contribution in [0.25, 0.3) is 94.8 Å². The molecule has 4 aliphatic rings. The maximum absolute atomic E-state index is 5.29. The second-order valence-corrected chi connectivity index (χ2v) is 21.5. The molecule has 11 aromatic rings. The first-order valence-electron chi connectivity index (χ1n) is 27.0. The summed E-state index contributed by atoms with van der Waals surface area (Å²) in [5, 5.41) is 2.41. The normalized spacial score (nSPS) is 15.9. The molecule has 5 heteroatoms. The van der Waals surface area contributed by atoms with E-state index in [9.17, 15) is 0 Å². The molecule has 0 radical (unpaired) electrons. The van der Waals surface area contributed by atoms with Gasteiger partial charge in [0, 0.05) is 50.3 Å². The van der Waals surface area contributed by atoms with Gasteiger partial charge in [0.1, 0.15) is 0 Å². The van der Waals surface area contributed by atoms with Crippen LogP contribution < -0.4 is 4.90 Å². The second kappa shape index (κ2) is 17.9. The van der Waals surface area contributed by atoms with E-state index < -0.39 is 0 Å². The summed E-state index contributed by atoms with van der Waals surface area (Å²) >= 11 is 0. The largest absolute Gasteiger partial charge is 0.313 e. The van der Waals surface area contributed by atoms with Crippen molar-refractivity contribution < 1.29 is 0 Å². The predicted molar refractivity (Wildman–Crippen MR) is 318 cm³/mol. The van der Waals surface area contributed by atoms with Gasteiger partial charge in [-0.15, -0.1) is 0 Å². The molecular weight excluding hydrogens is 935 g/mol. The van der Waals surface area contributed by atoms with Gasteiger partial charge in [0.25, 0.3) is 0 Å². The van der Waals surface area contributed by atoms with Crippen LogP contribution in [0.5, 0.6) is 0 Å². The fourth-order valence-electron chi connectivity index (χ4n) is 12.8. The number of hydrogen-bond acceptors (Lipinski definition) is 4. The summed E-state index contributed by atoms with van der Waals surface area (Å²) in [5.74, 6) is 2.31. The van der Waals surface area contributed by atoms with Crippen LogP contribution in [0.4, 0.5) is 11.4 Å². The van der Waals surface area contributed by atoms with Gasteiger partial charge < -0.3 is 9.47 Å². The molecule has 1 atom stereocenters. The minimum Gasteiger partial charge on any atom is -0.313 e. The van der Waals surface area contributed by atoms with Gasteiger partial charge in [-0.2, -0.15) is 0 Å². The van der Waals surface area contributed by atoms with Gasteiger partial charge >= 0.3 is 0 Å².